The summed E-state index contributed by atoms with van der Waals surface area (Å²) in [5.41, 5.74) is 4.36. The predicted molar refractivity (Wildman–Crippen MR) is 151 cm³/mol. The molecule has 5 rings (SSSR count). The van der Waals surface area contributed by atoms with E-state index in [1.165, 1.54) is 11.3 Å². The Morgan fingerprint density at radius 1 is 1.07 bits per heavy atom. The van der Waals surface area contributed by atoms with E-state index in [1.54, 1.807) is 60.4 Å². The van der Waals surface area contributed by atoms with Crippen LogP contribution < -0.4 is 5.48 Å². The molecule has 2 amide bonds. The fourth-order valence-electron chi connectivity index (χ4n) is 5.64. The Hall–Kier alpha value is -3.24. The number of carbonyl (C=O) groups excluding carboxylic acids is 3. The molecule has 1 aliphatic heterocycles. The number of rotatable bonds is 8. The predicted octanol–water partition coefficient (Wildman–Crippen LogP) is 5.41. The molecule has 0 spiro atoms. The first-order chi connectivity index (χ1) is 19.4. The minimum absolute atomic E-state index is 0.0553. The van der Waals surface area contributed by atoms with Gasteiger partial charge in [-0.2, -0.15) is 0 Å². The summed E-state index contributed by atoms with van der Waals surface area (Å²) in [6.45, 7) is 2.09. The summed E-state index contributed by atoms with van der Waals surface area (Å²) in [5.74, 6) is -1.83. The SMILES string of the molecule is CCOC(=O)c1ccc(CONC(=O)[C@@H]2c3ccccc3C(=O)N([C@H]3CCCC[C@@H]3O)[C@H]2c2ccc(Cl)cc2)s1. The molecule has 10 heteroatoms. The number of amides is 2. The minimum Gasteiger partial charge on any atom is -0.462 e. The summed E-state index contributed by atoms with van der Waals surface area (Å²) >= 11 is 7.42. The Kier molecular flexibility index (Phi) is 8.85. The quantitative estimate of drug-likeness (QED) is 0.272. The van der Waals surface area contributed by atoms with Crippen LogP contribution in [0.2, 0.25) is 5.02 Å². The molecule has 1 fully saturated rings. The van der Waals surface area contributed by atoms with E-state index in [0.29, 0.717) is 33.9 Å². The first-order valence-corrected chi connectivity index (χ1v) is 14.6. The second-order valence-electron chi connectivity index (χ2n) is 9.93. The number of ether oxygens (including phenoxy) is 1. The van der Waals surface area contributed by atoms with Crippen LogP contribution in [-0.2, 0) is 21.0 Å². The third-order valence-corrected chi connectivity index (χ3v) is 8.74. The fraction of sp³-hybridized carbons (Fsp3) is 0.367. The van der Waals surface area contributed by atoms with Gasteiger partial charge in [0.05, 0.1) is 30.7 Å². The molecule has 4 atom stereocenters. The highest BCUT2D eigenvalue weighted by Gasteiger charge is 2.48. The van der Waals surface area contributed by atoms with E-state index >= 15 is 0 Å². The third-order valence-electron chi connectivity index (χ3n) is 7.45. The molecule has 2 aromatic carbocycles. The maximum atomic E-state index is 14.0. The van der Waals surface area contributed by atoms with Crippen molar-refractivity contribution in [3.63, 3.8) is 0 Å². The number of nitrogens with zero attached hydrogens (tertiary/aromatic N) is 1. The molecule has 8 nitrogen and oxygen atoms in total. The standard InChI is InChI=1S/C30H31ClN2O6S/c1-2-38-30(37)25-16-15-20(40-25)17-39-32-28(35)26-21-7-3-4-8-22(21)29(36)33(23-9-5-6-10-24(23)34)27(26)18-11-13-19(31)14-12-18/h3-4,7-8,11-16,23-24,26-27,34H,2,5-6,9-10,17H2,1H3,(H,32,35)/t23-,24-,26+,27-/m0/s1. The van der Waals surface area contributed by atoms with Crippen molar-refractivity contribution in [3.05, 3.63) is 92.1 Å². The average Bonchev–Trinajstić information content (AvgIpc) is 3.43. The van der Waals surface area contributed by atoms with Crippen molar-refractivity contribution >= 4 is 40.7 Å². The first-order valence-electron chi connectivity index (χ1n) is 13.4. The van der Waals surface area contributed by atoms with Gasteiger partial charge in [0, 0.05) is 15.5 Å². The molecule has 1 saturated carbocycles. The molecule has 2 aliphatic rings. The number of hydrogen-bond donors (Lipinski definition) is 2. The van der Waals surface area contributed by atoms with Gasteiger partial charge in [0.25, 0.3) is 11.8 Å². The number of thiophene rings is 1. The van der Waals surface area contributed by atoms with E-state index in [-0.39, 0.29) is 19.1 Å². The molecule has 2 N–H and O–H groups in total. The van der Waals surface area contributed by atoms with Crippen molar-refractivity contribution in [2.45, 2.75) is 63.3 Å². The lowest BCUT2D eigenvalue weighted by molar-refractivity contribution is -0.138. The number of fused-ring (bicyclic) bond motifs is 1. The maximum absolute atomic E-state index is 14.0. The van der Waals surface area contributed by atoms with Gasteiger partial charge >= 0.3 is 5.97 Å². The van der Waals surface area contributed by atoms with Gasteiger partial charge in [-0.15, -0.1) is 11.3 Å². The van der Waals surface area contributed by atoms with Gasteiger partial charge in [-0.25, -0.2) is 10.3 Å². The molecule has 0 bridgehead atoms. The van der Waals surface area contributed by atoms with Crippen molar-refractivity contribution in [1.82, 2.24) is 10.4 Å². The van der Waals surface area contributed by atoms with Crippen molar-refractivity contribution < 1.29 is 29.1 Å². The number of hydroxylamine groups is 1. The Bertz CT molecular complexity index is 1380. The molecule has 1 aliphatic carbocycles. The van der Waals surface area contributed by atoms with E-state index in [0.717, 1.165) is 23.3 Å². The monoisotopic (exact) mass is 582 g/mol. The zero-order valence-corrected chi connectivity index (χ0v) is 23.6. The van der Waals surface area contributed by atoms with E-state index in [9.17, 15) is 19.5 Å². The van der Waals surface area contributed by atoms with Crippen LogP contribution in [0.15, 0.2) is 60.7 Å². The van der Waals surface area contributed by atoms with Gasteiger partial charge < -0.3 is 14.7 Å². The topological polar surface area (TPSA) is 105 Å². The molecule has 3 aromatic rings. The van der Waals surface area contributed by atoms with Crippen molar-refractivity contribution in [2.75, 3.05) is 6.61 Å². The lowest BCUT2D eigenvalue weighted by atomic mass is 9.77. The van der Waals surface area contributed by atoms with Crippen LogP contribution in [0, 0.1) is 0 Å². The molecular weight excluding hydrogens is 552 g/mol. The molecule has 0 saturated heterocycles. The van der Waals surface area contributed by atoms with E-state index in [4.69, 9.17) is 21.2 Å². The normalized spacial score (nSPS) is 22.5. The summed E-state index contributed by atoms with van der Waals surface area (Å²) in [4.78, 5) is 48.4. The Morgan fingerprint density at radius 3 is 2.58 bits per heavy atom. The van der Waals surface area contributed by atoms with Crippen molar-refractivity contribution in [1.29, 1.82) is 0 Å². The minimum atomic E-state index is -0.803. The number of esters is 1. The van der Waals surface area contributed by atoms with Gasteiger partial charge in [0.15, 0.2) is 0 Å². The summed E-state index contributed by atoms with van der Waals surface area (Å²) in [6.07, 6.45) is 2.32. The third kappa shape index (κ3) is 5.78. The number of hydrogen-bond acceptors (Lipinski definition) is 7. The summed E-state index contributed by atoms with van der Waals surface area (Å²) in [5, 5.41) is 11.5. The largest absolute Gasteiger partial charge is 0.462 e. The molecule has 210 valence electrons. The maximum Gasteiger partial charge on any atom is 0.348 e. The van der Waals surface area contributed by atoms with Crippen LogP contribution in [0.5, 0.6) is 0 Å². The zero-order valence-electron chi connectivity index (χ0n) is 22.0. The molecule has 1 aromatic heterocycles. The van der Waals surface area contributed by atoms with Crippen LogP contribution in [0.25, 0.3) is 0 Å². The second kappa shape index (κ2) is 12.5. The van der Waals surface area contributed by atoms with Gasteiger partial charge in [-0.3, -0.25) is 14.4 Å². The highest BCUT2D eigenvalue weighted by molar-refractivity contribution is 7.13. The van der Waals surface area contributed by atoms with E-state index < -0.39 is 36.0 Å². The van der Waals surface area contributed by atoms with E-state index in [2.05, 4.69) is 5.48 Å². The zero-order chi connectivity index (χ0) is 28.2. The van der Waals surface area contributed by atoms with Crippen LogP contribution >= 0.6 is 22.9 Å². The lowest BCUT2D eigenvalue weighted by Crippen LogP contribution is -2.55. The average molecular weight is 583 g/mol. The second-order valence-corrected chi connectivity index (χ2v) is 11.5. The number of benzene rings is 2. The van der Waals surface area contributed by atoms with Gasteiger partial charge in [-0.1, -0.05) is 54.8 Å². The van der Waals surface area contributed by atoms with E-state index in [1.807, 2.05) is 12.1 Å². The fourth-order valence-corrected chi connectivity index (χ4v) is 6.58. The Morgan fingerprint density at radius 2 is 1.82 bits per heavy atom. The molecule has 0 unspecified atom stereocenters. The number of halogens is 1. The summed E-state index contributed by atoms with van der Waals surface area (Å²) in [7, 11) is 0. The van der Waals surface area contributed by atoms with Crippen LogP contribution in [0.1, 0.15) is 80.6 Å². The molecule has 0 radical (unpaired) electrons. The number of aliphatic hydroxyl groups is 1. The van der Waals surface area contributed by atoms with Gasteiger partial charge in [0.1, 0.15) is 11.5 Å². The molecular formula is C30H31ClN2O6S. The highest BCUT2D eigenvalue weighted by Crippen LogP contribution is 2.46. The summed E-state index contributed by atoms with van der Waals surface area (Å²) in [6, 6.07) is 16.5. The Balaban J connectivity index is 1.45. The molecule has 2 heterocycles. The van der Waals surface area contributed by atoms with Crippen LogP contribution in [0.3, 0.4) is 0 Å². The van der Waals surface area contributed by atoms with Crippen LogP contribution in [0.4, 0.5) is 0 Å². The summed E-state index contributed by atoms with van der Waals surface area (Å²) < 4.78 is 5.04. The highest BCUT2D eigenvalue weighted by atomic mass is 35.5. The number of aliphatic hydroxyl groups excluding tert-OH is 1. The smallest absolute Gasteiger partial charge is 0.348 e. The number of nitrogens with one attached hydrogen (secondary N) is 1. The number of carbonyl (C=O) groups is 3. The van der Waals surface area contributed by atoms with Gasteiger partial charge in [-0.05, 0) is 61.2 Å². The van der Waals surface area contributed by atoms with Crippen LogP contribution in [-0.4, -0.2) is 46.5 Å². The Labute approximate surface area is 241 Å². The van der Waals surface area contributed by atoms with Gasteiger partial charge in [0.2, 0.25) is 0 Å². The van der Waals surface area contributed by atoms with Crippen molar-refractivity contribution in [2.24, 2.45) is 0 Å². The lowest BCUT2D eigenvalue weighted by Gasteiger charge is -2.48. The molecule has 40 heavy (non-hydrogen) atoms. The first kappa shape index (κ1) is 28.3. The van der Waals surface area contributed by atoms with Crippen molar-refractivity contribution in [3.8, 4) is 0 Å².